The second-order valence-electron chi connectivity index (χ2n) is 6.63. The number of aromatic nitrogens is 4. The van der Waals surface area contributed by atoms with Gasteiger partial charge in [-0.3, -0.25) is 4.79 Å². The van der Waals surface area contributed by atoms with Crippen molar-refractivity contribution < 1.29 is 4.74 Å². The van der Waals surface area contributed by atoms with Gasteiger partial charge in [-0.05, 0) is 33.6 Å². The minimum Gasteiger partial charge on any atom is -0.475 e. The number of anilines is 2. The number of H-pyrrole nitrogens is 1. The molecule has 0 radical (unpaired) electrons. The number of aryl methyl sites for hydroxylation is 1. The lowest BCUT2D eigenvalue weighted by molar-refractivity contribution is 0.232. The maximum absolute atomic E-state index is 11.7. The highest BCUT2D eigenvalue weighted by Gasteiger charge is 2.24. The van der Waals surface area contributed by atoms with Crippen molar-refractivity contribution in [2.75, 3.05) is 23.7 Å². The topological polar surface area (TPSA) is 110 Å². The monoisotopic (exact) mass is 344 g/mol. The molecule has 0 amide bonds. The Balaban J connectivity index is 1.83. The molecule has 0 bridgehead atoms. The van der Waals surface area contributed by atoms with Gasteiger partial charge in [-0.2, -0.15) is 9.97 Å². The zero-order valence-corrected chi connectivity index (χ0v) is 14.8. The van der Waals surface area contributed by atoms with Crippen molar-refractivity contribution in [2.45, 2.75) is 45.6 Å². The van der Waals surface area contributed by atoms with E-state index >= 15 is 0 Å². The Morgan fingerprint density at radius 1 is 1.32 bits per heavy atom. The fraction of sp³-hybridized carbons (Fsp3) is 0.529. The SMILES string of the molecule is Cc1nc(C2CCCN(c3cc(OC(C)C)nc(N)n3)C2)cc(=O)[nH]1. The van der Waals surface area contributed by atoms with E-state index in [2.05, 4.69) is 24.8 Å². The van der Waals surface area contributed by atoms with Crippen LogP contribution in [0.4, 0.5) is 11.8 Å². The van der Waals surface area contributed by atoms with Gasteiger partial charge in [-0.1, -0.05) is 0 Å². The van der Waals surface area contributed by atoms with Gasteiger partial charge in [-0.15, -0.1) is 0 Å². The molecule has 2 aromatic heterocycles. The van der Waals surface area contributed by atoms with Gasteiger partial charge >= 0.3 is 0 Å². The molecule has 1 fully saturated rings. The van der Waals surface area contributed by atoms with Gasteiger partial charge in [0.05, 0.1) is 11.8 Å². The molecule has 8 nitrogen and oxygen atoms in total. The molecular weight excluding hydrogens is 320 g/mol. The second kappa shape index (κ2) is 7.08. The summed E-state index contributed by atoms with van der Waals surface area (Å²) in [6, 6.07) is 3.40. The average Bonchev–Trinajstić information content (AvgIpc) is 2.53. The molecule has 1 aliphatic rings. The third-order valence-corrected chi connectivity index (χ3v) is 4.11. The van der Waals surface area contributed by atoms with Crippen molar-refractivity contribution in [1.29, 1.82) is 0 Å². The summed E-state index contributed by atoms with van der Waals surface area (Å²) >= 11 is 0. The van der Waals surface area contributed by atoms with Gasteiger partial charge in [0.25, 0.3) is 5.56 Å². The molecule has 2 aromatic rings. The number of nitrogens with one attached hydrogen (secondary N) is 1. The van der Waals surface area contributed by atoms with Crippen LogP contribution in [-0.2, 0) is 0 Å². The van der Waals surface area contributed by atoms with Gasteiger partial charge in [0.15, 0.2) is 0 Å². The maximum atomic E-state index is 11.7. The third-order valence-electron chi connectivity index (χ3n) is 4.11. The summed E-state index contributed by atoms with van der Waals surface area (Å²) in [5.41, 5.74) is 6.55. The first-order valence-corrected chi connectivity index (χ1v) is 8.54. The van der Waals surface area contributed by atoms with Gasteiger partial charge in [0, 0.05) is 31.1 Å². The molecule has 0 saturated carbocycles. The van der Waals surface area contributed by atoms with Crippen molar-refractivity contribution in [3.63, 3.8) is 0 Å². The highest BCUT2D eigenvalue weighted by Crippen LogP contribution is 2.29. The predicted octanol–water partition coefficient (Wildman–Crippen LogP) is 1.62. The summed E-state index contributed by atoms with van der Waals surface area (Å²) in [6.45, 7) is 7.28. The molecule has 3 N–H and O–H groups in total. The molecule has 8 heteroatoms. The zero-order valence-electron chi connectivity index (χ0n) is 14.8. The first-order valence-electron chi connectivity index (χ1n) is 8.54. The van der Waals surface area contributed by atoms with Crippen LogP contribution in [0.25, 0.3) is 0 Å². The Kier molecular flexibility index (Phi) is 4.87. The van der Waals surface area contributed by atoms with Crippen LogP contribution in [0.15, 0.2) is 16.9 Å². The molecule has 0 aromatic carbocycles. The Hall–Kier alpha value is -2.64. The van der Waals surface area contributed by atoms with Crippen molar-refractivity contribution in [3.05, 3.63) is 34.0 Å². The van der Waals surface area contributed by atoms with E-state index < -0.39 is 0 Å². The van der Waals surface area contributed by atoms with Crippen LogP contribution in [-0.4, -0.2) is 39.1 Å². The van der Waals surface area contributed by atoms with E-state index in [1.165, 1.54) is 0 Å². The fourth-order valence-corrected chi connectivity index (χ4v) is 3.13. The number of ether oxygens (including phenoxy) is 1. The van der Waals surface area contributed by atoms with E-state index in [1.807, 2.05) is 19.9 Å². The molecule has 0 spiro atoms. The van der Waals surface area contributed by atoms with Crippen LogP contribution in [0.2, 0.25) is 0 Å². The number of hydrogen-bond acceptors (Lipinski definition) is 7. The summed E-state index contributed by atoms with van der Waals surface area (Å²) in [5, 5.41) is 0. The van der Waals surface area contributed by atoms with Crippen LogP contribution in [0, 0.1) is 6.92 Å². The quantitative estimate of drug-likeness (QED) is 0.867. The van der Waals surface area contributed by atoms with Crippen molar-refractivity contribution in [2.24, 2.45) is 0 Å². The predicted molar refractivity (Wildman–Crippen MR) is 96.0 cm³/mol. The smallest absolute Gasteiger partial charge is 0.251 e. The summed E-state index contributed by atoms with van der Waals surface area (Å²) < 4.78 is 5.65. The minimum atomic E-state index is -0.112. The maximum Gasteiger partial charge on any atom is 0.251 e. The van der Waals surface area contributed by atoms with Gasteiger partial charge < -0.3 is 20.4 Å². The lowest BCUT2D eigenvalue weighted by Gasteiger charge is -2.33. The Bertz CT molecular complexity index is 804. The first kappa shape index (κ1) is 17.2. The molecule has 1 aliphatic heterocycles. The van der Waals surface area contributed by atoms with Gasteiger partial charge in [-0.25, -0.2) is 4.98 Å². The third kappa shape index (κ3) is 4.26. The van der Waals surface area contributed by atoms with Crippen molar-refractivity contribution in [3.8, 4) is 5.88 Å². The molecule has 1 unspecified atom stereocenters. The highest BCUT2D eigenvalue weighted by atomic mass is 16.5. The molecule has 1 saturated heterocycles. The number of aromatic amines is 1. The van der Waals surface area contributed by atoms with Crippen molar-refractivity contribution >= 4 is 11.8 Å². The molecule has 25 heavy (non-hydrogen) atoms. The fourth-order valence-electron chi connectivity index (χ4n) is 3.13. The van der Waals surface area contributed by atoms with Crippen LogP contribution < -0.4 is 20.9 Å². The van der Waals surface area contributed by atoms with E-state index in [1.54, 1.807) is 13.0 Å². The normalized spacial score (nSPS) is 17.8. The molecule has 1 atom stereocenters. The number of nitrogen functional groups attached to an aromatic ring is 1. The highest BCUT2D eigenvalue weighted by molar-refractivity contribution is 5.46. The van der Waals surface area contributed by atoms with Crippen LogP contribution in [0.5, 0.6) is 5.88 Å². The Morgan fingerprint density at radius 2 is 2.12 bits per heavy atom. The van der Waals surface area contributed by atoms with E-state index in [9.17, 15) is 4.79 Å². The lowest BCUT2D eigenvalue weighted by atomic mass is 9.94. The van der Waals surface area contributed by atoms with Crippen LogP contribution in [0.1, 0.15) is 44.1 Å². The number of piperidine rings is 1. The van der Waals surface area contributed by atoms with E-state index in [-0.39, 0.29) is 23.5 Å². The van der Waals surface area contributed by atoms with E-state index in [4.69, 9.17) is 10.5 Å². The summed E-state index contributed by atoms with van der Waals surface area (Å²) in [7, 11) is 0. The molecule has 134 valence electrons. The number of nitrogens with two attached hydrogens (primary N) is 1. The molecule has 3 rings (SSSR count). The zero-order chi connectivity index (χ0) is 18.0. The second-order valence-corrected chi connectivity index (χ2v) is 6.63. The minimum absolute atomic E-state index is 0.0134. The van der Waals surface area contributed by atoms with Crippen LogP contribution >= 0.6 is 0 Å². The molecular formula is C17H24N6O2. The van der Waals surface area contributed by atoms with Crippen LogP contribution in [0.3, 0.4) is 0 Å². The number of hydrogen-bond donors (Lipinski definition) is 2. The Morgan fingerprint density at radius 3 is 2.84 bits per heavy atom. The molecule has 3 heterocycles. The molecule has 0 aliphatic carbocycles. The number of nitrogens with zero attached hydrogens (tertiary/aromatic N) is 4. The summed E-state index contributed by atoms with van der Waals surface area (Å²) in [5.74, 6) is 2.23. The van der Waals surface area contributed by atoms with Gasteiger partial charge in [0.1, 0.15) is 11.6 Å². The van der Waals surface area contributed by atoms with Gasteiger partial charge in [0.2, 0.25) is 11.8 Å². The lowest BCUT2D eigenvalue weighted by Crippen LogP contribution is -2.36. The van der Waals surface area contributed by atoms with E-state index in [0.717, 1.165) is 37.4 Å². The summed E-state index contributed by atoms with van der Waals surface area (Å²) in [4.78, 5) is 29.6. The van der Waals surface area contributed by atoms with Crippen molar-refractivity contribution in [1.82, 2.24) is 19.9 Å². The average molecular weight is 344 g/mol. The van der Waals surface area contributed by atoms with E-state index in [0.29, 0.717) is 11.7 Å². The largest absolute Gasteiger partial charge is 0.475 e. The standard InChI is InChI=1S/C17H24N6O2/c1-10(2)25-16-8-14(21-17(18)22-16)23-6-4-5-12(9-23)13-7-15(24)20-11(3)19-13/h7-8,10,12H,4-6,9H2,1-3H3,(H2,18,21,22)(H,19,20,24). The first-order chi connectivity index (χ1) is 11.9. The number of rotatable bonds is 4. The summed E-state index contributed by atoms with van der Waals surface area (Å²) in [6.07, 6.45) is 1.99. The Labute approximate surface area is 146 Å².